The van der Waals surface area contributed by atoms with Crippen LogP contribution in [0.3, 0.4) is 0 Å². The van der Waals surface area contributed by atoms with Crippen LogP contribution in [0, 0.1) is 12.7 Å². The van der Waals surface area contributed by atoms with Gasteiger partial charge in [-0.3, -0.25) is 9.48 Å². The van der Waals surface area contributed by atoms with Gasteiger partial charge >= 0.3 is 0 Å². The molecule has 2 aromatic rings. The lowest BCUT2D eigenvalue weighted by molar-refractivity contribution is 0.0941. The van der Waals surface area contributed by atoms with Gasteiger partial charge in [-0.1, -0.05) is 41.4 Å². The number of hydrogen-bond donors (Lipinski definition) is 1. The minimum absolute atomic E-state index is 0.0412. The van der Waals surface area contributed by atoms with Gasteiger partial charge in [0.2, 0.25) is 0 Å². The fraction of sp³-hybridized carbons (Fsp3) is 0.294. The van der Waals surface area contributed by atoms with Crippen molar-refractivity contribution in [2.75, 3.05) is 6.61 Å². The lowest BCUT2D eigenvalue weighted by Crippen LogP contribution is -2.25. The van der Waals surface area contributed by atoms with E-state index in [1.54, 1.807) is 38.2 Å². The molecule has 0 aliphatic rings. The van der Waals surface area contributed by atoms with Crippen molar-refractivity contribution in [1.82, 2.24) is 15.1 Å². The van der Waals surface area contributed by atoms with Gasteiger partial charge in [0.25, 0.3) is 5.91 Å². The van der Waals surface area contributed by atoms with Gasteiger partial charge < -0.3 is 10.1 Å². The Balaban J connectivity index is 1.98. The Labute approximate surface area is 155 Å². The second-order valence-electron chi connectivity index (χ2n) is 5.34. The van der Waals surface area contributed by atoms with E-state index in [0.717, 1.165) is 5.69 Å². The van der Waals surface area contributed by atoms with Gasteiger partial charge in [-0.05, 0) is 19.1 Å². The maximum Gasteiger partial charge on any atom is 0.269 e. The maximum absolute atomic E-state index is 14.4. The molecule has 0 aliphatic carbocycles. The lowest BCUT2D eigenvalue weighted by atomic mass is 10.2. The predicted octanol–water partition coefficient (Wildman–Crippen LogP) is 3.89. The maximum atomic E-state index is 14.4. The molecule has 0 aliphatic heterocycles. The summed E-state index contributed by atoms with van der Waals surface area (Å²) in [6.45, 7) is 2.08. The number of halogens is 3. The Morgan fingerprint density at radius 1 is 1.44 bits per heavy atom. The SMILES string of the molecule is Cc1cc(C(=O)NCc2cccc(OCCC=C(Cl)Cl)c2F)n(C)n1. The molecule has 0 fully saturated rings. The highest BCUT2D eigenvalue weighted by atomic mass is 35.5. The van der Waals surface area contributed by atoms with Crippen LogP contribution in [0.5, 0.6) is 5.75 Å². The topological polar surface area (TPSA) is 56.1 Å². The largest absolute Gasteiger partial charge is 0.490 e. The highest BCUT2D eigenvalue weighted by Gasteiger charge is 2.14. The molecular weight excluding hydrogens is 368 g/mol. The molecule has 1 aromatic carbocycles. The third-order valence-corrected chi connectivity index (χ3v) is 3.70. The van der Waals surface area contributed by atoms with Crippen molar-refractivity contribution < 1.29 is 13.9 Å². The van der Waals surface area contributed by atoms with Crippen LogP contribution in [0.25, 0.3) is 0 Å². The minimum Gasteiger partial charge on any atom is -0.490 e. The standard InChI is InChI=1S/C17H18Cl2FN3O2/c1-11-9-13(23(2)22-11)17(24)21-10-12-5-3-6-14(16(12)20)25-8-4-7-15(18)19/h3,5-7,9H,4,8,10H2,1-2H3,(H,21,24). The number of aromatic nitrogens is 2. The van der Waals surface area contributed by atoms with E-state index in [0.29, 0.717) is 17.7 Å². The Kier molecular flexibility index (Phi) is 6.84. The molecule has 1 aromatic heterocycles. The van der Waals surface area contributed by atoms with Crippen molar-refractivity contribution in [3.8, 4) is 5.75 Å². The first-order valence-electron chi connectivity index (χ1n) is 7.58. The number of amides is 1. The van der Waals surface area contributed by atoms with Crippen molar-refractivity contribution in [2.24, 2.45) is 7.05 Å². The van der Waals surface area contributed by atoms with Gasteiger partial charge in [0.1, 0.15) is 10.2 Å². The van der Waals surface area contributed by atoms with E-state index in [4.69, 9.17) is 27.9 Å². The minimum atomic E-state index is -0.509. The number of aryl methyl sites for hydroxylation is 2. The molecule has 0 saturated carbocycles. The molecule has 0 spiro atoms. The zero-order valence-corrected chi connectivity index (χ0v) is 15.4. The van der Waals surface area contributed by atoms with Crippen LogP contribution in [0.15, 0.2) is 34.8 Å². The fourth-order valence-electron chi connectivity index (χ4n) is 2.23. The molecule has 1 amide bonds. The summed E-state index contributed by atoms with van der Waals surface area (Å²) >= 11 is 11.0. The summed E-state index contributed by atoms with van der Waals surface area (Å²) in [5.74, 6) is -0.720. The molecule has 1 N–H and O–H groups in total. The van der Waals surface area contributed by atoms with Crippen LogP contribution in [-0.2, 0) is 13.6 Å². The zero-order valence-electron chi connectivity index (χ0n) is 13.9. The predicted molar refractivity (Wildman–Crippen MR) is 95.4 cm³/mol. The van der Waals surface area contributed by atoms with E-state index in [9.17, 15) is 9.18 Å². The van der Waals surface area contributed by atoms with Crippen molar-refractivity contribution in [3.05, 3.63) is 57.6 Å². The first kappa shape index (κ1) is 19.3. The molecule has 0 saturated heterocycles. The molecule has 0 unspecified atom stereocenters. The van der Waals surface area contributed by atoms with E-state index < -0.39 is 5.82 Å². The zero-order chi connectivity index (χ0) is 18.4. The molecule has 0 atom stereocenters. The molecule has 2 rings (SSSR count). The summed E-state index contributed by atoms with van der Waals surface area (Å²) < 4.78 is 21.4. The number of hydrogen-bond acceptors (Lipinski definition) is 3. The van der Waals surface area contributed by atoms with E-state index in [1.165, 1.54) is 10.7 Å². The smallest absolute Gasteiger partial charge is 0.269 e. The van der Waals surface area contributed by atoms with Gasteiger partial charge in [-0.2, -0.15) is 5.10 Å². The van der Waals surface area contributed by atoms with Crippen LogP contribution in [0.4, 0.5) is 4.39 Å². The number of carbonyl (C=O) groups is 1. The van der Waals surface area contributed by atoms with Gasteiger partial charge in [0.15, 0.2) is 11.6 Å². The Bertz CT molecular complexity index is 786. The summed E-state index contributed by atoms with van der Waals surface area (Å²) in [6, 6.07) is 6.45. The molecule has 8 heteroatoms. The Morgan fingerprint density at radius 3 is 2.84 bits per heavy atom. The van der Waals surface area contributed by atoms with E-state index in [1.807, 2.05) is 0 Å². The van der Waals surface area contributed by atoms with E-state index >= 15 is 0 Å². The first-order valence-corrected chi connectivity index (χ1v) is 8.34. The quantitative estimate of drug-likeness (QED) is 0.735. The fourth-order valence-corrected chi connectivity index (χ4v) is 2.45. The van der Waals surface area contributed by atoms with Crippen LogP contribution < -0.4 is 10.1 Å². The monoisotopic (exact) mass is 385 g/mol. The number of nitrogens with zero attached hydrogens (tertiary/aromatic N) is 2. The summed E-state index contributed by atoms with van der Waals surface area (Å²) in [5.41, 5.74) is 1.48. The average Bonchev–Trinajstić information content (AvgIpc) is 2.89. The second-order valence-corrected chi connectivity index (χ2v) is 6.35. The number of ether oxygens (including phenoxy) is 1. The summed E-state index contributed by atoms with van der Waals surface area (Å²) in [4.78, 5) is 12.2. The van der Waals surface area contributed by atoms with Crippen molar-refractivity contribution >= 4 is 29.1 Å². The molecule has 1 heterocycles. The number of rotatable bonds is 7. The van der Waals surface area contributed by atoms with Gasteiger partial charge in [-0.15, -0.1) is 0 Å². The van der Waals surface area contributed by atoms with Gasteiger partial charge in [0.05, 0.1) is 12.3 Å². The Morgan fingerprint density at radius 2 is 2.20 bits per heavy atom. The molecule has 0 radical (unpaired) electrons. The molecule has 134 valence electrons. The number of benzene rings is 1. The molecule has 0 bridgehead atoms. The third kappa shape index (κ3) is 5.47. The van der Waals surface area contributed by atoms with Crippen molar-refractivity contribution in [3.63, 3.8) is 0 Å². The van der Waals surface area contributed by atoms with Crippen LogP contribution in [0.2, 0.25) is 0 Å². The van der Waals surface area contributed by atoms with E-state index in [-0.39, 0.29) is 29.3 Å². The van der Waals surface area contributed by atoms with E-state index in [2.05, 4.69) is 10.4 Å². The van der Waals surface area contributed by atoms with Crippen LogP contribution in [-0.4, -0.2) is 22.3 Å². The first-order chi connectivity index (χ1) is 11.9. The van der Waals surface area contributed by atoms with Crippen LogP contribution in [0.1, 0.15) is 28.2 Å². The second kappa shape index (κ2) is 8.87. The highest BCUT2D eigenvalue weighted by Crippen LogP contribution is 2.21. The highest BCUT2D eigenvalue weighted by molar-refractivity contribution is 6.55. The Hall–Kier alpha value is -2.05. The van der Waals surface area contributed by atoms with Gasteiger partial charge in [0, 0.05) is 25.6 Å². The van der Waals surface area contributed by atoms with Crippen molar-refractivity contribution in [1.29, 1.82) is 0 Å². The molecule has 5 nitrogen and oxygen atoms in total. The lowest BCUT2D eigenvalue weighted by Gasteiger charge is -2.10. The number of nitrogens with one attached hydrogen (secondary N) is 1. The normalized spacial score (nSPS) is 10.4. The van der Waals surface area contributed by atoms with Crippen LogP contribution >= 0.6 is 23.2 Å². The third-order valence-electron chi connectivity index (χ3n) is 3.39. The molecule has 25 heavy (non-hydrogen) atoms. The summed E-state index contributed by atoms with van der Waals surface area (Å²) in [5, 5.41) is 6.79. The number of carbonyl (C=O) groups excluding carboxylic acids is 1. The van der Waals surface area contributed by atoms with Crippen molar-refractivity contribution in [2.45, 2.75) is 19.9 Å². The molecular formula is C17H18Cl2FN3O2. The summed E-state index contributed by atoms with van der Waals surface area (Å²) in [6.07, 6.45) is 2.03. The summed E-state index contributed by atoms with van der Waals surface area (Å²) in [7, 11) is 1.68. The average molecular weight is 386 g/mol. The van der Waals surface area contributed by atoms with Gasteiger partial charge in [-0.25, -0.2) is 4.39 Å².